The molecular formula is C17H14N2O4S. The average Bonchev–Trinajstić information content (AvgIpc) is 2.61. The van der Waals surface area contributed by atoms with Crippen LogP contribution in [0.3, 0.4) is 0 Å². The predicted octanol–water partition coefficient (Wildman–Crippen LogP) is 2.16. The van der Waals surface area contributed by atoms with Gasteiger partial charge in [-0.3, -0.25) is 4.79 Å². The first-order chi connectivity index (χ1) is 11.5. The van der Waals surface area contributed by atoms with E-state index in [1.54, 1.807) is 24.3 Å². The maximum atomic E-state index is 12.7. The van der Waals surface area contributed by atoms with Gasteiger partial charge in [0.2, 0.25) is 15.7 Å². The molecule has 0 spiro atoms. The number of carbonyl (C=O) groups excluding carboxylic acids is 1. The number of nitrogens with zero attached hydrogens (tertiary/aromatic N) is 2. The Balaban J connectivity index is 2.01. The minimum atomic E-state index is -3.66. The van der Waals surface area contributed by atoms with Crippen molar-refractivity contribution in [3.05, 3.63) is 48.5 Å². The highest BCUT2D eigenvalue weighted by Crippen LogP contribution is 2.35. The number of anilines is 1. The summed E-state index contributed by atoms with van der Waals surface area (Å²) in [6.45, 7) is 0.581. The fourth-order valence-corrected chi connectivity index (χ4v) is 3.82. The number of benzene rings is 2. The summed E-state index contributed by atoms with van der Waals surface area (Å²) in [5.41, 5.74) is 0.480. The Morgan fingerprint density at radius 3 is 2.62 bits per heavy atom. The van der Waals surface area contributed by atoms with Gasteiger partial charge in [0.05, 0.1) is 28.1 Å². The van der Waals surface area contributed by atoms with Crippen LogP contribution in [0.4, 0.5) is 5.69 Å². The quantitative estimate of drug-likeness (QED) is 0.853. The molecule has 0 bridgehead atoms. The molecular weight excluding hydrogens is 328 g/mol. The van der Waals surface area contributed by atoms with E-state index in [2.05, 4.69) is 0 Å². The third-order valence-electron chi connectivity index (χ3n) is 3.69. The van der Waals surface area contributed by atoms with E-state index in [9.17, 15) is 13.2 Å². The van der Waals surface area contributed by atoms with Crippen molar-refractivity contribution in [3.8, 4) is 11.8 Å². The number of ether oxygens (including phenoxy) is 1. The summed E-state index contributed by atoms with van der Waals surface area (Å²) in [7, 11) is -3.66. The number of amides is 1. The van der Waals surface area contributed by atoms with Crippen molar-refractivity contribution in [2.24, 2.45) is 0 Å². The van der Waals surface area contributed by atoms with Crippen molar-refractivity contribution < 1.29 is 17.9 Å². The van der Waals surface area contributed by atoms with Crippen LogP contribution in [0.2, 0.25) is 0 Å². The lowest BCUT2D eigenvalue weighted by atomic mass is 10.2. The monoisotopic (exact) mass is 342 g/mol. The highest BCUT2D eigenvalue weighted by Gasteiger charge is 2.26. The van der Waals surface area contributed by atoms with Crippen LogP contribution in [-0.4, -0.2) is 27.5 Å². The van der Waals surface area contributed by atoms with E-state index in [0.29, 0.717) is 18.0 Å². The topological polar surface area (TPSA) is 87.5 Å². The molecule has 2 aromatic carbocycles. The average molecular weight is 342 g/mol. The molecule has 0 saturated heterocycles. The fraction of sp³-hybridized carbons (Fsp3) is 0.176. The largest absolute Gasteiger partial charge is 0.489 e. The van der Waals surface area contributed by atoms with Crippen LogP contribution in [0.15, 0.2) is 58.3 Å². The molecule has 0 saturated carbocycles. The Morgan fingerprint density at radius 1 is 1.17 bits per heavy atom. The zero-order chi connectivity index (χ0) is 17.2. The molecule has 0 fully saturated rings. The van der Waals surface area contributed by atoms with Gasteiger partial charge in [-0.25, -0.2) is 8.42 Å². The smallest absolute Gasteiger partial charge is 0.241 e. The molecule has 2 aromatic rings. The van der Waals surface area contributed by atoms with E-state index >= 15 is 0 Å². The van der Waals surface area contributed by atoms with Crippen LogP contribution < -0.4 is 9.64 Å². The molecule has 0 radical (unpaired) electrons. The van der Waals surface area contributed by atoms with Crippen LogP contribution in [0.5, 0.6) is 5.75 Å². The van der Waals surface area contributed by atoms with Crippen molar-refractivity contribution >= 4 is 21.4 Å². The fourth-order valence-electron chi connectivity index (χ4n) is 2.53. The molecule has 0 unspecified atom stereocenters. The summed E-state index contributed by atoms with van der Waals surface area (Å²) >= 11 is 0. The standard InChI is InChI=1S/C17H14N2O4S/c18-9-8-17(20)19-10-11-23-16-12-14(6-7-15(16)19)24(21,22)13-4-2-1-3-5-13/h1-7,12H,8,10-11H2. The molecule has 0 aliphatic carbocycles. The normalized spacial score (nSPS) is 13.5. The van der Waals surface area contributed by atoms with E-state index < -0.39 is 9.84 Å². The number of hydrogen-bond donors (Lipinski definition) is 0. The number of carbonyl (C=O) groups is 1. The zero-order valence-corrected chi connectivity index (χ0v) is 13.5. The number of nitriles is 1. The Hall–Kier alpha value is -2.85. The molecule has 0 N–H and O–H groups in total. The van der Waals surface area contributed by atoms with E-state index in [1.807, 2.05) is 6.07 Å². The van der Waals surface area contributed by atoms with E-state index in [4.69, 9.17) is 10.00 Å². The maximum Gasteiger partial charge on any atom is 0.241 e. The summed E-state index contributed by atoms with van der Waals surface area (Å²) in [5, 5.41) is 8.68. The van der Waals surface area contributed by atoms with Crippen LogP contribution in [0.1, 0.15) is 6.42 Å². The molecule has 3 rings (SSSR count). The van der Waals surface area contributed by atoms with Gasteiger partial charge in [-0.1, -0.05) is 18.2 Å². The predicted molar refractivity (Wildman–Crippen MR) is 86.4 cm³/mol. The zero-order valence-electron chi connectivity index (χ0n) is 12.7. The summed E-state index contributed by atoms with van der Waals surface area (Å²) in [4.78, 5) is 13.7. The van der Waals surface area contributed by atoms with Gasteiger partial charge in [0, 0.05) is 6.07 Å². The Labute approximate surface area is 139 Å². The molecule has 1 amide bonds. The lowest BCUT2D eigenvalue weighted by molar-refractivity contribution is -0.117. The van der Waals surface area contributed by atoms with Crippen LogP contribution in [-0.2, 0) is 14.6 Å². The number of hydrogen-bond acceptors (Lipinski definition) is 5. The van der Waals surface area contributed by atoms with Crippen LogP contribution in [0.25, 0.3) is 0 Å². The van der Waals surface area contributed by atoms with Crippen molar-refractivity contribution in [1.29, 1.82) is 5.26 Å². The molecule has 24 heavy (non-hydrogen) atoms. The highest BCUT2D eigenvalue weighted by molar-refractivity contribution is 7.91. The van der Waals surface area contributed by atoms with Gasteiger partial charge in [-0.15, -0.1) is 0 Å². The van der Waals surface area contributed by atoms with Gasteiger partial charge in [0.15, 0.2) is 0 Å². The number of sulfone groups is 1. The molecule has 6 nitrogen and oxygen atoms in total. The van der Waals surface area contributed by atoms with Crippen molar-refractivity contribution in [2.75, 3.05) is 18.1 Å². The second kappa shape index (κ2) is 6.34. The minimum Gasteiger partial charge on any atom is -0.489 e. The maximum absolute atomic E-state index is 12.7. The van der Waals surface area contributed by atoms with Crippen LogP contribution >= 0.6 is 0 Å². The summed E-state index contributed by atoms with van der Waals surface area (Å²) in [6, 6.07) is 14.3. The lowest BCUT2D eigenvalue weighted by Crippen LogP contribution is -2.37. The third-order valence-corrected chi connectivity index (χ3v) is 5.46. The van der Waals surface area contributed by atoms with Crippen molar-refractivity contribution in [1.82, 2.24) is 0 Å². The molecule has 7 heteroatoms. The summed E-state index contributed by atoms with van der Waals surface area (Å²) in [6.07, 6.45) is -0.233. The van der Waals surface area contributed by atoms with Gasteiger partial charge in [-0.2, -0.15) is 5.26 Å². The van der Waals surface area contributed by atoms with Gasteiger partial charge in [0.1, 0.15) is 18.8 Å². The highest BCUT2D eigenvalue weighted by atomic mass is 32.2. The molecule has 0 aromatic heterocycles. The first kappa shape index (κ1) is 16.0. The van der Waals surface area contributed by atoms with E-state index in [1.165, 1.54) is 29.2 Å². The van der Waals surface area contributed by atoms with Gasteiger partial charge in [0.25, 0.3) is 0 Å². The Kier molecular flexibility index (Phi) is 4.23. The van der Waals surface area contributed by atoms with Crippen molar-refractivity contribution in [2.45, 2.75) is 16.2 Å². The van der Waals surface area contributed by atoms with E-state index in [-0.39, 0.29) is 28.7 Å². The summed E-state index contributed by atoms with van der Waals surface area (Å²) < 4.78 is 30.8. The van der Waals surface area contributed by atoms with Crippen molar-refractivity contribution in [3.63, 3.8) is 0 Å². The lowest BCUT2D eigenvalue weighted by Gasteiger charge is -2.29. The SMILES string of the molecule is N#CCC(=O)N1CCOc2cc(S(=O)(=O)c3ccccc3)ccc21. The first-order valence-electron chi connectivity index (χ1n) is 7.28. The Bertz CT molecular complexity index is 917. The molecule has 122 valence electrons. The Morgan fingerprint density at radius 2 is 1.92 bits per heavy atom. The van der Waals surface area contributed by atoms with Gasteiger partial charge >= 0.3 is 0 Å². The minimum absolute atomic E-state index is 0.0991. The third kappa shape index (κ3) is 2.84. The number of fused-ring (bicyclic) bond motifs is 1. The van der Waals surface area contributed by atoms with E-state index in [0.717, 1.165) is 0 Å². The van der Waals surface area contributed by atoms with Gasteiger partial charge in [-0.05, 0) is 24.3 Å². The second-order valence-corrected chi connectivity index (χ2v) is 7.12. The second-order valence-electron chi connectivity index (χ2n) is 5.17. The first-order valence-corrected chi connectivity index (χ1v) is 8.76. The number of rotatable bonds is 3. The molecule has 1 aliphatic heterocycles. The molecule has 0 atom stereocenters. The van der Waals surface area contributed by atoms with Gasteiger partial charge < -0.3 is 9.64 Å². The molecule has 1 aliphatic rings. The summed E-state index contributed by atoms with van der Waals surface area (Å²) in [5.74, 6) is -0.00902. The van der Waals surface area contributed by atoms with Crippen LogP contribution in [0, 0.1) is 11.3 Å². The molecule has 1 heterocycles.